The predicted molar refractivity (Wildman–Crippen MR) is 109 cm³/mol. The van der Waals surface area contributed by atoms with Gasteiger partial charge in [-0.3, -0.25) is 0 Å². The normalized spacial score (nSPS) is 29.4. The van der Waals surface area contributed by atoms with E-state index in [4.69, 9.17) is 28.4 Å². The third-order valence-electron chi connectivity index (χ3n) is 5.24. The first-order valence-electron chi connectivity index (χ1n) is 10.1. The number of carbonyl (C=O) groups excluding carboxylic acids is 2. The van der Waals surface area contributed by atoms with Crippen LogP contribution < -0.4 is 0 Å². The van der Waals surface area contributed by atoms with Crippen LogP contribution in [0.4, 0.5) is 4.79 Å². The van der Waals surface area contributed by atoms with Gasteiger partial charge in [0.2, 0.25) is 0 Å². The average Bonchev–Trinajstić information content (AvgIpc) is 2.85. The molecule has 2 aromatic carbocycles. The molecule has 0 aromatic heterocycles. The molecule has 6 atom stereocenters. The van der Waals surface area contributed by atoms with Crippen molar-refractivity contribution in [3.05, 3.63) is 71.8 Å². The Bertz CT molecular complexity index is 904. The van der Waals surface area contributed by atoms with E-state index < -0.39 is 49.1 Å². The summed E-state index contributed by atoms with van der Waals surface area (Å²) in [5.74, 6) is -0.621. The van der Waals surface area contributed by atoms with Crippen LogP contribution >= 0.6 is 0 Å². The summed E-state index contributed by atoms with van der Waals surface area (Å²) >= 11 is 0. The molecule has 0 saturated carbocycles. The first kappa shape index (κ1) is 22.2. The van der Waals surface area contributed by atoms with Crippen LogP contribution in [-0.2, 0) is 33.2 Å². The predicted octanol–water partition coefficient (Wildman–Crippen LogP) is 2.85. The molecule has 2 fully saturated rings. The zero-order chi connectivity index (χ0) is 22.5. The van der Waals surface area contributed by atoms with Crippen LogP contribution in [-0.4, -0.2) is 63.7 Å². The molecule has 2 aliphatic rings. The number of ether oxygens (including phenoxy) is 7. The Hall–Kier alpha value is -2.98. The number of esters is 1. The number of rotatable bonds is 5. The minimum atomic E-state index is -1.11. The quantitative estimate of drug-likeness (QED) is 0.645. The van der Waals surface area contributed by atoms with E-state index in [1.165, 1.54) is 14.2 Å². The first-order valence-corrected chi connectivity index (χ1v) is 10.1. The second kappa shape index (κ2) is 10.1. The molecule has 1 unspecified atom stereocenters. The van der Waals surface area contributed by atoms with Crippen LogP contribution in [0.3, 0.4) is 0 Å². The Morgan fingerprint density at radius 3 is 2.22 bits per heavy atom. The summed E-state index contributed by atoms with van der Waals surface area (Å²) < 4.78 is 39.1. The summed E-state index contributed by atoms with van der Waals surface area (Å²) in [5.41, 5.74) is 1.12. The van der Waals surface area contributed by atoms with Crippen molar-refractivity contribution in [3.63, 3.8) is 0 Å². The largest absolute Gasteiger partial charge is 0.508 e. The number of hydrogen-bond donors (Lipinski definition) is 0. The van der Waals surface area contributed by atoms with Crippen molar-refractivity contribution in [2.75, 3.05) is 20.8 Å². The Morgan fingerprint density at radius 2 is 1.56 bits per heavy atom. The van der Waals surface area contributed by atoms with Gasteiger partial charge in [-0.15, -0.1) is 0 Å². The highest BCUT2D eigenvalue weighted by molar-refractivity contribution is 5.89. The smallest absolute Gasteiger partial charge is 0.449 e. The molecule has 0 radical (unpaired) electrons. The minimum absolute atomic E-state index is 0.157. The van der Waals surface area contributed by atoms with Gasteiger partial charge in [0.05, 0.1) is 19.3 Å². The Balaban J connectivity index is 1.61. The van der Waals surface area contributed by atoms with Crippen molar-refractivity contribution >= 4 is 12.1 Å². The minimum Gasteiger partial charge on any atom is -0.449 e. The summed E-state index contributed by atoms with van der Waals surface area (Å²) in [5, 5.41) is 0. The van der Waals surface area contributed by atoms with Gasteiger partial charge in [0.15, 0.2) is 24.8 Å². The molecule has 9 heteroatoms. The van der Waals surface area contributed by atoms with E-state index in [0.29, 0.717) is 5.56 Å². The Labute approximate surface area is 185 Å². The van der Waals surface area contributed by atoms with Gasteiger partial charge in [0.25, 0.3) is 0 Å². The monoisotopic (exact) mass is 444 g/mol. The van der Waals surface area contributed by atoms with Gasteiger partial charge in [0, 0.05) is 12.7 Å². The number of carbonyl (C=O) groups is 2. The SMILES string of the molecule is COC(=O)O[C@@H]1[C@@H](OC(=O)c2ccccc2)[C@@H](OC)O[C@@H]2COC(c3ccccc3)O[C@@H]12. The summed E-state index contributed by atoms with van der Waals surface area (Å²) in [4.78, 5) is 24.8. The average molecular weight is 444 g/mol. The van der Waals surface area contributed by atoms with Crippen LogP contribution in [0.15, 0.2) is 60.7 Å². The fourth-order valence-electron chi connectivity index (χ4n) is 3.70. The van der Waals surface area contributed by atoms with Crippen molar-refractivity contribution in [3.8, 4) is 0 Å². The molecule has 4 rings (SSSR count). The Morgan fingerprint density at radius 1 is 0.875 bits per heavy atom. The lowest BCUT2D eigenvalue weighted by Gasteiger charge is -2.47. The van der Waals surface area contributed by atoms with Crippen LogP contribution in [0.1, 0.15) is 22.2 Å². The molecule has 32 heavy (non-hydrogen) atoms. The highest BCUT2D eigenvalue weighted by Gasteiger charge is 2.54. The maximum Gasteiger partial charge on any atom is 0.508 e. The number of benzene rings is 2. The van der Waals surface area contributed by atoms with Crippen LogP contribution in [0.25, 0.3) is 0 Å². The molecule has 2 saturated heterocycles. The molecule has 2 aliphatic heterocycles. The molecule has 2 heterocycles. The van der Waals surface area contributed by atoms with Gasteiger partial charge in [-0.05, 0) is 12.1 Å². The summed E-state index contributed by atoms with van der Waals surface area (Å²) in [6, 6.07) is 17.8. The fraction of sp³-hybridized carbons (Fsp3) is 0.391. The van der Waals surface area contributed by atoms with Gasteiger partial charge < -0.3 is 33.2 Å². The van der Waals surface area contributed by atoms with Gasteiger partial charge in [-0.25, -0.2) is 9.59 Å². The maximum atomic E-state index is 12.8. The molecule has 0 spiro atoms. The lowest BCUT2D eigenvalue weighted by Crippen LogP contribution is -2.64. The summed E-state index contributed by atoms with van der Waals surface area (Å²) in [6.45, 7) is 0.157. The third kappa shape index (κ3) is 4.76. The van der Waals surface area contributed by atoms with Gasteiger partial charge in [0.1, 0.15) is 12.2 Å². The number of fused-ring (bicyclic) bond motifs is 1. The van der Waals surface area contributed by atoms with Crippen molar-refractivity contribution in [2.45, 2.75) is 37.0 Å². The van der Waals surface area contributed by atoms with E-state index in [0.717, 1.165) is 5.56 Å². The zero-order valence-corrected chi connectivity index (χ0v) is 17.6. The molecule has 0 amide bonds. The van der Waals surface area contributed by atoms with Crippen molar-refractivity contribution in [1.82, 2.24) is 0 Å². The molecule has 2 aromatic rings. The first-order chi connectivity index (χ1) is 15.6. The molecule has 9 nitrogen and oxygen atoms in total. The molecular weight excluding hydrogens is 420 g/mol. The van der Waals surface area contributed by atoms with Crippen molar-refractivity contribution in [2.24, 2.45) is 0 Å². The zero-order valence-electron chi connectivity index (χ0n) is 17.6. The topological polar surface area (TPSA) is 98.8 Å². The Kier molecular flexibility index (Phi) is 7.01. The molecular formula is C23H24O9. The van der Waals surface area contributed by atoms with E-state index in [-0.39, 0.29) is 6.61 Å². The van der Waals surface area contributed by atoms with E-state index in [9.17, 15) is 9.59 Å². The summed E-state index contributed by atoms with van der Waals surface area (Å²) in [6.07, 6.45) is -6.27. The molecule has 0 bridgehead atoms. The molecule has 0 N–H and O–H groups in total. The fourth-order valence-corrected chi connectivity index (χ4v) is 3.70. The molecule has 170 valence electrons. The summed E-state index contributed by atoms with van der Waals surface area (Å²) in [7, 11) is 2.59. The van der Waals surface area contributed by atoms with Crippen LogP contribution in [0.2, 0.25) is 0 Å². The van der Waals surface area contributed by atoms with E-state index in [2.05, 4.69) is 4.74 Å². The highest BCUT2D eigenvalue weighted by Crippen LogP contribution is 2.36. The second-order valence-corrected chi connectivity index (χ2v) is 7.23. The number of hydrogen-bond acceptors (Lipinski definition) is 9. The standard InChI is InChI=1S/C23H24O9/c1-26-22-19(30-20(24)14-9-5-3-6-10-14)18(32-23(25)27-2)17-16(29-22)13-28-21(31-17)15-11-7-4-8-12-15/h3-12,16-19,21-22H,13H2,1-2H3/t16-,17-,18+,19-,21?,22+/m1/s1. The molecule has 0 aliphatic carbocycles. The van der Waals surface area contributed by atoms with E-state index in [1.807, 2.05) is 30.3 Å². The van der Waals surface area contributed by atoms with Crippen molar-refractivity contribution < 1.29 is 42.7 Å². The van der Waals surface area contributed by atoms with Gasteiger partial charge in [-0.1, -0.05) is 48.5 Å². The lowest BCUT2D eigenvalue weighted by molar-refractivity contribution is -0.357. The van der Waals surface area contributed by atoms with Gasteiger partial charge in [-0.2, -0.15) is 0 Å². The van der Waals surface area contributed by atoms with E-state index >= 15 is 0 Å². The third-order valence-corrected chi connectivity index (χ3v) is 5.24. The van der Waals surface area contributed by atoms with Crippen molar-refractivity contribution in [1.29, 1.82) is 0 Å². The number of methoxy groups -OCH3 is 2. The van der Waals surface area contributed by atoms with Crippen LogP contribution in [0.5, 0.6) is 0 Å². The van der Waals surface area contributed by atoms with Gasteiger partial charge >= 0.3 is 12.1 Å². The lowest BCUT2D eigenvalue weighted by atomic mass is 9.97. The second-order valence-electron chi connectivity index (χ2n) is 7.23. The maximum absolute atomic E-state index is 12.8. The van der Waals surface area contributed by atoms with Crippen LogP contribution in [0, 0.1) is 0 Å². The highest BCUT2D eigenvalue weighted by atomic mass is 16.8. The van der Waals surface area contributed by atoms with E-state index in [1.54, 1.807) is 30.3 Å².